The number of piperazine rings is 1. The van der Waals surface area contributed by atoms with E-state index in [1.165, 1.54) is 12.1 Å². The van der Waals surface area contributed by atoms with Gasteiger partial charge in [0.15, 0.2) is 0 Å². The van der Waals surface area contributed by atoms with Crippen molar-refractivity contribution in [2.75, 3.05) is 32.9 Å². The Labute approximate surface area is 119 Å². The van der Waals surface area contributed by atoms with Crippen molar-refractivity contribution in [1.82, 2.24) is 10.2 Å². The van der Waals surface area contributed by atoms with Crippen LogP contribution in [0.4, 0.5) is 17.6 Å². The molecule has 7 heteroatoms. The van der Waals surface area contributed by atoms with Crippen LogP contribution in [0.15, 0.2) is 18.2 Å². The first-order chi connectivity index (χ1) is 9.45. The Balaban J connectivity index is 2.42. The summed E-state index contributed by atoms with van der Waals surface area (Å²) in [5, 5.41) is 3.04. The molecule has 0 unspecified atom stereocenters. The minimum Gasteiger partial charge on any atom is -0.314 e. The van der Waals surface area contributed by atoms with Gasteiger partial charge in [-0.25, -0.2) is 4.39 Å². The highest BCUT2D eigenvalue weighted by Gasteiger charge is 2.38. The standard InChI is InChI=1S/C13H15ClF4N2/c14-10-3-1-2-9(13(16,17)18)12(10)11(8-15)20-6-4-19-5-7-20/h1-3,11,19H,4-8H2/t11-/m1/s1. The van der Waals surface area contributed by atoms with Crippen LogP contribution in [0.1, 0.15) is 17.2 Å². The molecule has 1 aliphatic heterocycles. The first-order valence-corrected chi connectivity index (χ1v) is 6.69. The van der Waals surface area contributed by atoms with Gasteiger partial charge >= 0.3 is 6.18 Å². The fraction of sp³-hybridized carbons (Fsp3) is 0.538. The fourth-order valence-corrected chi connectivity index (χ4v) is 2.77. The van der Waals surface area contributed by atoms with Gasteiger partial charge in [0.2, 0.25) is 0 Å². The summed E-state index contributed by atoms with van der Waals surface area (Å²) in [5.74, 6) is 0. The van der Waals surface area contributed by atoms with Gasteiger partial charge < -0.3 is 5.32 Å². The summed E-state index contributed by atoms with van der Waals surface area (Å²) in [6.45, 7) is 1.35. The average Bonchev–Trinajstić information content (AvgIpc) is 2.41. The van der Waals surface area contributed by atoms with Crippen LogP contribution in [0.3, 0.4) is 0 Å². The molecule has 1 heterocycles. The second-order valence-electron chi connectivity index (χ2n) is 4.65. The predicted octanol–water partition coefficient (Wildman–Crippen LogP) is 3.27. The van der Waals surface area contributed by atoms with Gasteiger partial charge in [-0.1, -0.05) is 17.7 Å². The van der Waals surface area contributed by atoms with Gasteiger partial charge in [0.25, 0.3) is 0 Å². The monoisotopic (exact) mass is 310 g/mol. The van der Waals surface area contributed by atoms with Crippen molar-refractivity contribution in [1.29, 1.82) is 0 Å². The third-order valence-electron chi connectivity index (χ3n) is 3.43. The van der Waals surface area contributed by atoms with Crippen LogP contribution in [0.25, 0.3) is 0 Å². The summed E-state index contributed by atoms with van der Waals surface area (Å²) in [6.07, 6.45) is -4.54. The van der Waals surface area contributed by atoms with Crippen molar-refractivity contribution < 1.29 is 17.6 Å². The minimum absolute atomic E-state index is 0.0407. The first-order valence-electron chi connectivity index (χ1n) is 6.31. The SMILES string of the molecule is FC[C@H](c1c(Cl)cccc1C(F)(F)F)N1CCNCC1. The van der Waals surface area contributed by atoms with E-state index in [9.17, 15) is 17.6 Å². The summed E-state index contributed by atoms with van der Waals surface area (Å²) in [5.41, 5.74) is -1.02. The average molecular weight is 311 g/mol. The minimum atomic E-state index is -4.54. The van der Waals surface area contributed by atoms with Crippen LogP contribution in [-0.4, -0.2) is 37.8 Å². The molecule has 2 nitrogen and oxygen atoms in total. The maximum absolute atomic E-state index is 13.4. The van der Waals surface area contributed by atoms with E-state index in [1.54, 1.807) is 4.90 Å². The Bertz CT molecular complexity index is 458. The van der Waals surface area contributed by atoms with E-state index >= 15 is 0 Å². The highest BCUT2D eigenvalue weighted by atomic mass is 35.5. The van der Waals surface area contributed by atoms with E-state index < -0.39 is 24.5 Å². The van der Waals surface area contributed by atoms with Crippen molar-refractivity contribution in [2.24, 2.45) is 0 Å². The molecule has 1 aliphatic rings. The number of hydrogen-bond donors (Lipinski definition) is 1. The lowest BCUT2D eigenvalue weighted by Gasteiger charge is -2.35. The molecule has 0 spiro atoms. The molecule has 2 rings (SSSR count). The molecular formula is C13H15ClF4N2. The number of hydrogen-bond acceptors (Lipinski definition) is 2. The summed E-state index contributed by atoms with van der Waals surface area (Å²) in [4.78, 5) is 1.70. The summed E-state index contributed by atoms with van der Waals surface area (Å²) in [6, 6.07) is 2.60. The smallest absolute Gasteiger partial charge is 0.314 e. The summed E-state index contributed by atoms with van der Waals surface area (Å²) < 4.78 is 52.6. The lowest BCUT2D eigenvalue weighted by molar-refractivity contribution is -0.138. The lowest BCUT2D eigenvalue weighted by Crippen LogP contribution is -2.46. The van der Waals surface area contributed by atoms with Gasteiger partial charge in [0.1, 0.15) is 6.67 Å². The highest BCUT2D eigenvalue weighted by molar-refractivity contribution is 6.31. The second-order valence-corrected chi connectivity index (χ2v) is 5.06. The number of rotatable bonds is 3. The van der Waals surface area contributed by atoms with Crippen LogP contribution in [0.5, 0.6) is 0 Å². The predicted molar refractivity (Wildman–Crippen MR) is 69.6 cm³/mol. The van der Waals surface area contributed by atoms with E-state index in [0.717, 1.165) is 6.07 Å². The molecule has 1 N–H and O–H groups in total. The maximum Gasteiger partial charge on any atom is 0.416 e. The molecule has 20 heavy (non-hydrogen) atoms. The molecule has 1 fully saturated rings. The molecule has 0 bridgehead atoms. The molecular weight excluding hydrogens is 296 g/mol. The van der Waals surface area contributed by atoms with Crippen molar-refractivity contribution in [3.63, 3.8) is 0 Å². The molecule has 0 saturated carbocycles. The molecule has 1 aromatic rings. The third kappa shape index (κ3) is 3.24. The van der Waals surface area contributed by atoms with Crippen LogP contribution < -0.4 is 5.32 Å². The van der Waals surface area contributed by atoms with Gasteiger partial charge in [0.05, 0.1) is 11.6 Å². The number of benzene rings is 1. The molecule has 0 radical (unpaired) electrons. The van der Waals surface area contributed by atoms with Crippen molar-refractivity contribution in [2.45, 2.75) is 12.2 Å². The second kappa shape index (κ2) is 6.28. The van der Waals surface area contributed by atoms with Crippen LogP contribution in [-0.2, 0) is 6.18 Å². The van der Waals surface area contributed by atoms with E-state index in [2.05, 4.69) is 5.32 Å². The van der Waals surface area contributed by atoms with E-state index in [4.69, 9.17) is 11.6 Å². The molecule has 0 aromatic heterocycles. The lowest BCUT2D eigenvalue weighted by atomic mass is 9.98. The summed E-state index contributed by atoms with van der Waals surface area (Å²) in [7, 11) is 0. The van der Waals surface area contributed by atoms with Gasteiger partial charge in [-0.05, 0) is 12.1 Å². The molecule has 1 atom stereocenters. The van der Waals surface area contributed by atoms with E-state index in [1.807, 2.05) is 0 Å². The number of alkyl halides is 4. The zero-order chi connectivity index (χ0) is 14.8. The highest BCUT2D eigenvalue weighted by Crippen LogP contribution is 2.40. The van der Waals surface area contributed by atoms with E-state index in [0.29, 0.717) is 26.2 Å². The number of halogens is 5. The zero-order valence-corrected chi connectivity index (χ0v) is 11.4. The zero-order valence-electron chi connectivity index (χ0n) is 10.7. The molecule has 0 amide bonds. The Morgan fingerprint density at radius 2 is 1.90 bits per heavy atom. The topological polar surface area (TPSA) is 15.3 Å². The Morgan fingerprint density at radius 1 is 1.25 bits per heavy atom. The van der Waals surface area contributed by atoms with Crippen LogP contribution in [0.2, 0.25) is 5.02 Å². The molecule has 1 aromatic carbocycles. The molecule has 112 valence electrons. The Kier molecular flexibility index (Phi) is 4.88. The summed E-state index contributed by atoms with van der Waals surface area (Å²) >= 11 is 5.92. The largest absolute Gasteiger partial charge is 0.416 e. The maximum atomic E-state index is 13.4. The molecule has 1 saturated heterocycles. The van der Waals surface area contributed by atoms with Gasteiger partial charge in [-0.3, -0.25) is 4.90 Å². The quantitative estimate of drug-likeness (QED) is 0.862. The van der Waals surface area contributed by atoms with Gasteiger partial charge in [-0.15, -0.1) is 0 Å². The Morgan fingerprint density at radius 3 is 2.45 bits per heavy atom. The van der Waals surface area contributed by atoms with Crippen molar-refractivity contribution >= 4 is 11.6 Å². The van der Waals surface area contributed by atoms with Crippen LogP contribution >= 0.6 is 11.6 Å². The van der Waals surface area contributed by atoms with Gasteiger partial charge in [0, 0.05) is 36.8 Å². The van der Waals surface area contributed by atoms with Crippen molar-refractivity contribution in [3.05, 3.63) is 34.3 Å². The molecule has 0 aliphatic carbocycles. The van der Waals surface area contributed by atoms with Gasteiger partial charge in [-0.2, -0.15) is 13.2 Å². The normalized spacial score (nSPS) is 19.1. The first kappa shape index (κ1) is 15.5. The fourth-order valence-electron chi connectivity index (χ4n) is 2.47. The number of nitrogens with zero attached hydrogens (tertiary/aromatic N) is 1. The van der Waals surface area contributed by atoms with Crippen molar-refractivity contribution in [3.8, 4) is 0 Å². The van der Waals surface area contributed by atoms with Crippen LogP contribution in [0, 0.1) is 0 Å². The van der Waals surface area contributed by atoms with E-state index in [-0.39, 0.29) is 10.6 Å². The number of nitrogens with one attached hydrogen (secondary N) is 1. The third-order valence-corrected chi connectivity index (χ3v) is 3.76. The Hall–Kier alpha value is -0.850.